The largest absolute Gasteiger partial charge is 0.368 e. The summed E-state index contributed by atoms with van der Waals surface area (Å²) in [4.78, 5) is 32.6. The van der Waals surface area contributed by atoms with E-state index in [2.05, 4.69) is 25.3 Å². The smallest absolute Gasteiger partial charge is 0.228 e. The molecule has 0 radical (unpaired) electrons. The fourth-order valence-electron chi connectivity index (χ4n) is 3.65. The van der Waals surface area contributed by atoms with Gasteiger partial charge in [-0.15, -0.1) is 11.3 Å². The summed E-state index contributed by atoms with van der Waals surface area (Å²) in [6, 6.07) is 5.82. The number of hydrogen-bond acceptors (Lipinski definition) is 8. The molecule has 0 spiro atoms. The van der Waals surface area contributed by atoms with Gasteiger partial charge in [0, 0.05) is 34.7 Å². The van der Waals surface area contributed by atoms with Crippen LogP contribution in [0.5, 0.6) is 0 Å². The second-order valence-electron chi connectivity index (χ2n) is 7.76. The highest BCUT2D eigenvalue weighted by atomic mass is 32.1. The summed E-state index contributed by atoms with van der Waals surface area (Å²) in [7, 11) is 0. The number of anilines is 2. The molecule has 8 nitrogen and oxygen atoms in total. The first kappa shape index (κ1) is 21.3. The van der Waals surface area contributed by atoms with Crippen molar-refractivity contribution in [1.29, 1.82) is 0 Å². The molecule has 0 aromatic carbocycles. The van der Waals surface area contributed by atoms with E-state index >= 15 is 0 Å². The number of carbonyl (C=O) groups is 1. The molecule has 3 aromatic rings. The van der Waals surface area contributed by atoms with E-state index in [1.807, 2.05) is 56.2 Å². The second kappa shape index (κ2) is 9.07. The summed E-state index contributed by atoms with van der Waals surface area (Å²) in [5, 5.41) is 6.19. The number of hydrogen-bond donors (Lipinski definition) is 1. The molecule has 9 heteroatoms. The first-order valence-electron chi connectivity index (χ1n) is 10.2. The van der Waals surface area contributed by atoms with Crippen molar-refractivity contribution >= 4 is 28.9 Å². The number of thiazole rings is 1. The average molecular weight is 439 g/mol. The maximum Gasteiger partial charge on any atom is 0.228 e. The average Bonchev–Trinajstić information content (AvgIpc) is 3.11. The van der Waals surface area contributed by atoms with Crippen molar-refractivity contribution in [3.05, 3.63) is 57.1 Å². The van der Waals surface area contributed by atoms with Gasteiger partial charge in [0.15, 0.2) is 0 Å². The molecule has 1 N–H and O–H groups in total. The number of amides is 1. The maximum atomic E-state index is 12.8. The topological polar surface area (TPSA) is 93.1 Å². The molecular weight excluding hydrogens is 412 g/mol. The standard InChI is InChI=1S/C22H26N6O2S/c1-13-7-14(2)25-22(24-13)27-17-8-15(3)23-19(9-17)20-11-28(5-6-30-20)21(29)10-18-12-31-16(4)26-18/h7-9,12,20H,5-6,10-11H2,1-4H3,(H,23,24,25,27)/t20-/m1/s1. The van der Waals surface area contributed by atoms with Gasteiger partial charge in [-0.25, -0.2) is 15.0 Å². The molecule has 0 bridgehead atoms. The molecule has 0 unspecified atom stereocenters. The van der Waals surface area contributed by atoms with E-state index in [1.54, 1.807) is 11.3 Å². The van der Waals surface area contributed by atoms with Gasteiger partial charge in [0.1, 0.15) is 6.10 Å². The summed E-state index contributed by atoms with van der Waals surface area (Å²) in [6.45, 7) is 9.29. The van der Waals surface area contributed by atoms with Crippen molar-refractivity contribution in [2.75, 3.05) is 25.0 Å². The number of pyridine rings is 1. The molecular formula is C22H26N6O2S. The zero-order valence-corrected chi connectivity index (χ0v) is 19.0. The van der Waals surface area contributed by atoms with Crippen LogP contribution in [0.15, 0.2) is 23.6 Å². The summed E-state index contributed by atoms with van der Waals surface area (Å²) in [6.07, 6.45) is 0.0327. The Morgan fingerprint density at radius 1 is 1.10 bits per heavy atom. The lowest BCUT2D eigenvalue weighted by Crippen LogP contribution is -2.43. The quantitative estimate of drug-likeness (QED) is 0.652. The Morgan fingerprint density at radius 3 is 2.55 bits per heavy atom. The fourth-order valence-corrected chi connectivity index (χ4v) is 4.27. The molecule has 1 saturated heterocycles. The van der Waals surface area contributed by atoms with E-state index in [0.717, 1.165) is 39.2 Å². The fraction of sp³-hybridized carbons (Fsp3) is 0.409. The van der Waals surface area contributed by atoms with Crippen LogP contribution in [0.1, 0.15) is 39.6 Å². The first-order valence-corrected chi connectivity index (χ1v) is 11.1. The Labute approximate surface area is 185 Å². The predicted octanol–water partition coefficient (Wildman–Crippen LogP) is 3.45. The van der Waals surface area contributed by atoms with Gasteiger partial charge in [0.2, 0.25) is 11.9 Å². The third kappa shape index (κ3) is 5.42. The monoisotopic (exact) mass is 438 g/mol. The highest BCUT2D eigenvalue weighted by Gasteiger charge is 2.27. The molecule has 1 amide bonds. The Balaban J connectivity index is 1.48. The number of rotatable bonds is 5. The number of aromatic nitrogens is 4. The van der Waals surface area contributed by atoms with Gasteiger partial charge in [-0.05, 0) is 45.9 Å². The Bertz CT molecular complexity index is 1080. The van der Waals surface area contributed by atoms with Gasteiger partial charge in [0.25, 0.3) is 0 Å². The number of carbonyl (C=O) groups excluding carboxylic acids is 1. The van der Waals surface area contributed by atoms with Gasteiger partial charge < -0.3 is 15.0 Å². The van der Waals surface area contributed by atoms with Crippen molar-refractivity contribution < 1.29 is 9.53 Å². The molecule has 0 aliphatic carbocycles. The molecule has 0 saturated carbocycles. The van der Waals surface area contributed by atoms with Crippen LogP contribution in [0.25, 0.3) is 0 Å². The van der Waals surface area contributed by atoms with Crippen LogP contribution in [0.2, 0.25) is 0 Å². The summed E-state index contributed by atoms with van der Waals surface area (Å²) >= 11 is 1.56. The molecule has 1 aliphatic heterocycles. The molecule has 4 rings (SSSR count). The minimum atomic E-state index is -0.282. The van der Waals surface area contributed by atoms with Crippen LogP contribution in [0, 0.1) is 27.7 Å². The number of nitrogens with zero attached hydrogens (tertiary/aromatic N) is 5. The van der Waals surface area contributed by atoms with Gasteiger partial charge in [-0.3, -0.25) is 9.78 Å². The van der Waals surface area contributed by atoms with Crippen LogP contribution in [0.3, 0.4) is 0 Å². The summed E-state index contributed by atoms with van der Waals surface area (Å²) in [5.74, 6) is 0.613. The summed E-state index contributed by atoms with van der Waals surface area (Å²) in [5.41, 5.74) is 5.12. The molecule has 1 fully saturated rings. The van der Waals surface area contributed by atoms with E-state index in [4.69, 9.17) is 4.74 Å². The third-order valence-corrected chi connectivity index (χ3v) is 5.78. The summed E-state index contributed by atoms with van der Waals surface area (Å²) < 4.78 is 5.97. The second-order valence-corrected chi connectivity index (χ2v) is 8.82. The number of aryl methyl sites for hydroxylation is 4. The van der Waals surface area contributed by atoms with Crippen LogP contribution in [-0.2, 0) is 16.0 Å². The predicted molar refractivity (Wildman–Crippen MR) is 120 cm³/mol. The minimum absolute atomic E-state index is 0.0632. The lowest BCUT2D eigenvalue weighted by molar-refractivity contribution is -0.138. The third-order valence-electron chi connectivity index (χ3n) is 4.96. The van der Waals surface area contributed by atoms with Crippen molar-refractivity contribution in [2.45, 2.75) is 40.2 Å². The molecule has 31 heavy (non-hydrogen) atoms. The first-order chi connectivity index (χ1) is 14.9. The van der Waals surface area contributed by atoms with Crippen molar-refractivity contribution in [3.63, 3.8) is 0 Å². The number of morpholine rings is 1. The number of ether oxygens (including phenoxy) is 1. The highest BCUT2D eigenvalue weighted by molar-refractivity contribution is 7.09. The van der Waals surface area contributed by atoms with Crippen LogP contribution in [0.4, 0.5) is 11.6 Å². The Hall–Kier alpha value is -2.91. The van der Waals surface area contributed by atoms with Gasteiger partial charge >= 0.3 is 0 Å². The lowest BCUT2D eigenvalue weighted by Gasteiger charge is -2.33. The Morgan fingerprint density at radius 2 is 1.84 bits per heavy atom. The van der Waals surface area contributed by atoms with Crippen molar-refractivity contribution in [2.24, 2.45) is 0 Å². The van der Waals surface area contributed by atoms with Crippen LogP contribution in [-0.4, -0.2) is 50.4 Å². The number of nitrogens with one attached hydrogen (secondary N) is 1. The normalized spacial score (nSPS) is 16.4. The van der Waals surface area contributed by atoms with E-state index in [9.17, 15) is 4.79 Å². The molecule has 1 aliphatic rings. The van der Waals surface area contributed by atoms with Crippen LogP contribution < -0.4 is 5.32 Å². The van der Waals surface area contributed by atoms with Crippen molar-refractivity contribution in [1.82, 2.24) is 24.8 Å². The molecule has 4 heterocycles. The SMILES string of the molecule is Cc1cc(Nc2nc(C)cc(C)n2)cc([C@H]2CN(C(=O)Cc3csc(C)n3)CCO2)n1. The maximum absolute atomic E-state index is 12.8. The van der Waals surface area contributed by atoms with E-state index < -0.39 is 0 Å². The van der Waals surface area contributed by atoms with E-state index in [0.29, 0.717) is 32.1 Å². The molecule has 3 aromatic heterocycles. The van der Waals surface area contributed by atoms with Crippen LogP contribution >= 0.6 is 11.3 Å². The van der Waals surface area contributed by atoms with E-state index in [1.165, 1.54) is 0 Å². The van der Waals surface area contributed by atoms with Gasteiger partial charge in [-0.2, -0.15) is 0 Å². The van der Waals surface area contributed by atoms with Gasteiger partial charge in [-0.1, -0.05) is 0 Å². The lowest BCUT2D eigenvalue weighted by atomic mass is 10.1. The molecule has 162 valence electrons. The Kier molecular flexibility index (Phi) is 6.24. The molecule has 1 atom stereocenters. The zero-order chi connectivity index (χ0) is 22.0. The minimum Gasteiger partial charge on any atom is -0.368 e. The van der Waals surface area contributed by atoms with Gasteiger partial charge in [0.05, 0.1) is 36.0 Å². The van der Waals surface area contributed by atoms with Crippen molar-refractivity contribution in [3.8, 4) is 0 Å². The highest BCUT2D eigenvalue weighted by Crippen LogP contribution is 2.25. The zero-order valence-electron chi connectivity index (χ0n) is 18.2. The van der Waals surface area contributed by atoms with E-state index in [-0.39, 0.29) is 12.0 Å².